The summed E-state index contributed by atoms with van der Waals surface area (Å²) in [5.41, 5.74) is 0.661. The highest BCUT2D eigenvalue weighted by Crippen LogP contribution is 2.26. The maximum atomic E-state index is 13.7. The fourth-order valence-electron chi connectivity index (χ4n) is 4.35. The quantitative estimate of drug-likeness (QED) is 0.456. The van der Waals surface area contributed by atoms with Gasteiger partial charge in [0, 0.05) is 17.6 Å². The highest BCUT2D eigenvalue weighted by atomic mass is 35.5. The summed E-state index contributed by atoms with van der Waals surface area (Å²) in [5.74, 6) is -1.61. The van der Waals surface area contributed by atoms with Crippen molar-refractivity contribution in [1.82, 2.24) is 10.2 Å². The SMILES string of the molecule is CC[C@H](C(=O)NC1CCCC1)N(Cc1ccccc1Cl)C(=O)CN(c1ccc(F)c(Cl)c1)S(C)(=O)=O. The predicted molar refractivity (Wildman–Crippen MR) is 140 cm³/mol. The number of hydrogen-bond acceptors (Lipinski definition) is 4. The third kappa shape index (κ3) is 7.11. The number of nitrogens with one attached hydrogen (secondary N) is 1. The minimum atomic E-state index is -3.95. The second kappa shape index (κ2) is 12.3. The first-order chi connectivity index (χ1) is 17.0. The van der Waals surface area contributed by atoms with Gasteiger partial charge in [0.2, 0.25) is 21.8 Å². The van der Waals surface area contributed by atoms with E-state index in [-0.39, 0.29) is 29.2 Å². The van der Waals surface area contributed by atoms with Gasteiger partial charge in [-0.2, -0.15) is 0 Å². The van der Waals surface area contributed by atoms with E-state index in [2.05, 4.69) is 5.32 Å². The molecule has 0 unspecified atom stereocenters. The zero-order valence-corrected chi connectivity index (χ0v) is 22.5. The Morgan fingerprint density at radius 3 is 2.36 bits per heavy atom. The number of sulfonamides is 1. The van der Waals surface area contributed by atoms with Gasteiger partial charge in [-0.3, -0.25) is 13.9 Å². The van der Waals surface area contributed by atoms with Gasteiger partial charge in [0.25, 0.3) is 0 Å². The number of hydrogen-bond donors (Lipinski definition) is 1. The summed E-state index contributed by atoms with van der Waals surface area (Å²) < 4.78 is 39.8. The summed E-state index contributed by atoms with van der Waals surface area (Å²) in [6, 6.07) is 9.58. The standard InChI is InChI=1S/C25H30Cl2FN3O4S/c1-3-23(25(33)29-18-9-5-6-10-18)30(15-17-8-4-7-11-20(17)26)24(32)16-31(36(2,34)35)19-12-13-22(28)21(27)14-19/h4,7-8,11-14,18,23H,3,5-6,9-10,15-16H2,1-2H3,(H,29,33)/t23-/m1/s1. The van der Waals surface area contributed by atoms with Gasteiger partial charge in [0.1, 0.15) is 18.4 Å². The van der Waals surface area contributed by atoms with E-state index in [4.69, 9.17) is 23.2 Å². The summed E-state index contributed by atoms with van der Waals surface area (Å²) in [7, 11) is -3.95. The molecule has 0 spiro atoms. The molecule has 196 valence electrons. The highest BCUT2D eigenvalue weighted by Gasteiger charge is 2.33. The van der Waals surface area contributed by atoms with Crippen LogP contribution in [0.15, 0.2) is 42.5 Å². The van der Waals surface area contributed by atoms with Crippen LogP contribution in [0.3, 0.4) is 0 Å². The molecule has 1 atom stereocenters. The first kappa shape index (κ1) is 28.2. The van der Waals surface area contributed by atoms with E-state index < -0.39 is 34.3 Å². The Kier molecular flexibility index (Phi) is 9.60. The van der Waals surface area contributed by atoms with E-state index in [9.17, 15) is 22.4 Å². The molecule has 1 aliphatic rings. The van der Waals surface area contributed by atoms with Crippen molar-refractivity contribution in [1.29, 1.82) is 0 Å². The van der Waals surface area contributed by atoms with Crippen LogP contribution in [0.4, 0.5) is 10.1 Å². The number of carbonyl (C=O) groups is 2. The van der Waals surface area contributed by atoms with Crippen molar-refractivity contribution in [2.24, 2.45) is 0 Å². The van der Waals surface area contributed by atoms with Gasteiger partial charge in [-0.25, -0.2) is 12.8 Å². The average Bonchev–Trinajstić information content (AvgIpc) is 3.32. The fourth-order valence-corrected chi connectivity index (χ4v) is 5.56. The second-order valence-electron chi connectivity index (χ2n) is 8.90. The molecule has 11 heteroatoms. The lowest BCUT2D eigenvalue weighted by Crippen LogP contribution is -2.53. The van der Waals surface area contributed by atoms with Crippen LogP contribution in [-0.2, 0) is 26.2 Å². The van der Waals surface area contributed by atoms with Gasteiger partial charge in [0.05, 0.1) is 17.0 Å². The van der Waals surface area contributed by atoms with E-state index in [1.165, 1.54) is 11.0 Å². The van der Waals surface area contributed by atoms with Gasteiger partial charge in [-0.15, -0.1) is 0 Å². The maximum Gasteiger partial charge on any atom is 0.244 e. The number of rotatable bonds is 10. The van der Waals surface area contributed by atoms with E-state index in [1.54, 1.807) is 31.2 Å². The largest absolute Gasteiger partial charge is 0.352 e. The van der Waals surface area contributed by atoms with Crippen LogP contribution >= 0.6 is 23.2 Å². The van der Waals surface area contributed by atoms with Gasteiger partial charge in [-0.05, 0) is 49.1 Å². The topological polar surface area (TPSA) is 86.8 Å². The molecule has 1 aliphatic carbocycles. The summed E-state index contributed by atoms with van der Waals surface area (Å²) in [6.07, 6.45) is 5.10. The zero-order chi connectivity index (χ0) is 26.5. The van der Waals surface area contributed by atoms with Crippen LogP contribution in [0.5, 0.6) is 0 Å². The second-order valence-corrected chi connectivity index (χ2v) is 11.6. The van der Waals surface area contributed by atoms with Crippen molar-refractivity contribution in [2.45, 2.75) is 57.7 Å². The van der Waals surface area contributed by atoms with E-state index in [1.807, 2.05) is 0 Å². The lowest BCUT2D eigenvalue weighted by molar-refractivity contribution is -0.140. The van der Waals surface area contributed by atoms with Crippen molar-refractivity contribution < 1.29 is 22.4 Å². The molecule has 2 aromatic rings. The van der Waals surface area contributed by atoms with Crippen LogP contribution in [-0.4, -0.2) is 50.0 Å². The number of halogens is 3. The van der Waals surface area contributed by atoms with Crippen molar-refractivity contribution in [3.8, 4) is 0 Å². The molecule has 36 heavy (non-hydrogen) atoms. The summed E-state index contributed by atoms with van der Waals surface area (Å²) in [6.45, 7) is 1.20. The predicted octanol–water partition coefficient (Wildman–Crippen LogP) is 4.76. The average molecular weight is 559 g/mol. The van der Waals surface area contributed by atoms with Crippen LogP contribution < -0.4 is 9.62 Å². The monoisotopic (exact) mass is 557 g/mol. The summed E-state index contributed by atoms with van der Waals surface area (Å²) in [4.78, 5) is 28.3. The lowest BCUT2D eigenvalue weighted by Gasteiger charge is -2.33. The maximum absolute atomic E-state index is 13.7. The molecular weight excluding hydrogens is 528 g/mol. The van der Waals surface area contributed by atoms with E-state index >= 15 is 0 Å². The number of carbonyl (C=O) groups excluding carboxylic acids is 2. The zero-order valence-electron chi connectivity index (χ0n) is 20.2. The van der Waals surface area contributed by atoms with E-state index in [0.717, 1.165) is 48.4 Å². The molecular formula is C25H30Cl2FN3O4S. The van der Waals surface area contributed by atoms with Crippen molar-refractivity contribution in [3.63, 3.8) is 0 Å². The minimum absolute atomic E-state index is 0.0108. The van der Waals surface area contributed by atoms with Crippen LogP contribution in [0.25, 0.3) is 0 Å². The molecule has 0 heterocycles. The molecule has 0 aromatic heterocycles. The Bertz CT molecular complexity index is 1210. The molecule has 1 saturated carbocycles. The third-order valence-corrected chi connectivity index (χ3v) is 8.06. The van der Waals surface area contributed by atoms with Gasteiger partial charge in [0.15, 0.2) is 0 Å². The molecule has 3 rings (SSSR count). The normalized spacial score (nSPS) is 14.9. The number of benzene rings is 2. The molecule has 2 aromatic carbocycles. The van der Waals surface area contributed by atoms with Crippen molar-refractivity contribution in [2.75, 3.05) is 17.1 Å². The highest BCUT2D eigenvalue weighted by molar-refractivity contribution is 7.92. The number of nitrogens with zero attached hydrogens (tertiary/aromatic N) is 2. The minimum Gasteiger partial charge on any atom is -0.352 e. The lowest BCUT2D eigenvalue weighted by atomic mass is 10.1. The Balaban J connectivity index is 1.94. The van der Waals surface area contributed by atoms with Crippen molar-refractivity contribution >= 4 is 50.7 Å². The van der Waals surface area contributed by atoms with Crippen LogP contribution in [0.1, 0.15) is 44.6 Å². The Morgan fingerprint density at radius 2 is 1.78 bits per heavy atom. The molecule has 0 radical (unpaired) electrons. The van der Waals surface area contributed by atoms with E-state index in [0.29, 0.717) is 17.0 Å². The number of amides is 2. The van der Waals surface area contributed by atoms with Gasteiger partial charge < -0.3 is 10.2 Å². The van der Waals surface area contributed by atoms with Crippen molar-refractivity contribution in [3.05, 3.63) is 63.9 Å². The third-order valence-electron chi connectivity index (χ3n) is 6.26. The Hall–Kier alpha value is -2.36. The number of anilines is 1. The van der Waals surface area contributed by atoms with Gasteiger partial charge >= 0.3 is 0 Å². The Morgan fingerprint density at radius 1 is 1.11 bits per heavy atom. The summed E-state index contributed by atoms with van der Waals surface area (Å²) in [5, 5.41) is 3.19. The first-order valence-electron chi connectivity index (χ1n) is 11.8. The molecule has 1 fully saturated rings. The Labute approximate surface area is 221 Å². The molecule has 7 nitrogen and oxygen atoms in total. The molecule has 0 aliphatic heterocycles. The molecule has 1 N–H and O–H groups in total. The molecule has 0 bridgehead atoms. The molecule has 2 amide bonds. The molecule has 0 saturated heterocycles. The van der Waals surface area contributed by atoms with Gasteiger partial charge in [-0.1, -0.05) is 61.2 Å². The first-order valence-corrected chi connectivity index (χ1v) is 14.4. The van der Waals surface area contributed by atoms with Crippen LogP contribution in [0, 0.1) is 5.82 Å². The van der Waals surface area contributed by atoms with Crippen LogP contribution in [0.2, 0.25) is 10.0 Å². The smallest absolute Gasteiger partial charge is 0.244 e. The fraction of sp³-hybridized carbons (Fsp3) is 0.440. The summed E-state index contributed by atoms with van der Waals surface area (Å²) >= 11 is 12.2.